The number of hydrogen-bond acceptors (Lipinski definition) is 0. The van der Waals surface area contributed by atoms with Gasteiger partial charge in [0.2, 0.25) is 0 Å². The number of aromatic nitrogens is 1. The molecule has 1 aromatic heterocycles. The van der Waals surface area contributed by atoms with E-state index in [1.54, 1.807) is 0 Å². The van der Waals surface area contributed by atoms with Crippen molar-refractivity contribution in [3.63, 3.8) is 0 Å². The third-order valence-corrected chi connectivity index (χ3v) is 8.30. The Labute approximate surface area is 234 Å². The summed E-state index contributed by atoms with van der Waals surface area (Å²) in [5, 5.41) is 0. The monoisotopic (exact) mass is 515 g/mol. The summed E-state index contributed by atoms with van der Waals surface area (Å²) in [7, 11) is 0. The third-order valence-electron chi connectivity index (χ3n) is 8.30. The van der Waals surface area contributed by atoms with Crippen molar-refractivity contribution >= 4 is 0 Å². The Hall–Kier alpha value is -0.850. The first kappa shape index (κ1) is 34.2. The van der Waals surface area contributed by atoms with Crippen molar-refractivity contribution in [2.75, 3.05) is 0 Å². The van der Waals surface area contributed by atoms with Crippen LogP contribution in [0, 0.1) is 0 Å². The van der Waals surface area contributed by atoms with E-state index >= 15 is 0 Å². The second kappa shape index (κ2) is 28.2. The van der Waals surface area contributed by atoms with Gasteiger partial charge in [-0.2, -0.15) is 0 Å². The molecule has 0 bridgehead atoms. The summed E-state index contributed by atoms with van der Waals surface area (Å²) in [4.78, 5) is 0. The minimum absolute atomic E-state index is 1.19. The fourth-order valence-electron chi connectivity index (χ4n) is 5.64. The molecule has 0 aliphatic rings. The lowest BCUT2D eigenvalue weighted by molar-refractivity contribution is -0.697. The molecule has 0 saturated carbocycles. The van der Waals surface area contributed by atoms with Crippen molar-refractivity contribution in [1.82, 2.24) is 0 Å². The van der Waals surface area contributed by atoms with E-state index in [9.17, 15) is 0 Å². The van der Waals surface area contributed by atoms with Gasteiger partial charge in [0.15, 0.2) is 12.4 Å². The molecule has 1 heteroatoms. The summed E-state index contributed by atoms with van der Waals surface area (Å²) in [6, 6.07) is 4.73. The van der Waals surface area contributed by atoms with Gasteiger partial charge in [-0.05, 0) is 24.8 Å². The fraction of sp³-hybridized carbons (Fsp3) is 0.861. The second-order valence-electron chi connectivity index (χ2n) is 12.0. The predicted octanol–water partition coefficient (Wildman–Crippen LogP) is 12.1. The van der Waals surface area contributed by atoms with Crippen molar-refractivity contribution < 1.29 is 4.57 Å². The van der Waals surface area contributed by atoms with E-state index in [0.29, 0.717) is 0 Å². The summed E-state index contributed by atoms with van der Waals surface area (Å²) in [5.74, 6) is 0. The highest BCUT2D eigenvalue weighted by molar-refractivity contribution is 5.07. The predicted molar refractivity (Wildman–Crippen MR) is 166 cm³/mol. The first-order chi connectivity index (χ1) is 18.4. The molecule has 1 heterocycles. The highest BCUT2D eigenvalue weighted by Gasteiger charge is 2.02. The summed E-state index contributed by atoms with van der Waals surface area (Å²) >= 11 is 0. The van der Waals surface area contributed by atoms with Crippen LogP contribution >= 0.6 is 0 Å². The van der Waals surface area contributed by atoms with Crippen LogP contribution in [0.5, 0.6) is 0 Å². The van der Waals surface area contributed by atoms with Gasteiger partial charge >= 0.3 is 0 Å². The van der Waals surface area contributed by atoms with E-state index < -0.39 is 0 Å². The molecule has 37 heavy (non-hydrogen) atoms. The van der Waals surface area contributed by atoms with Crippen LogP contribution in [0.3, 0.4) is 0 Å². The lowest BCUT2D eigenvalue weighted by Crippen LogP contribution is -2.32. The Morgan fingerprint density at radius 1 is 0.378 bits per heavy atom. The lowest BCUT2D eigenvalue weighted by Gasteiger charge is -2.04. The van der Waals surface area contributed by atoms with Gasteiger partial charge < -0.3 is 0 Å². The molecule has 0 amide bonds. The zero-order valence-corrected chi connectivity index (χ0v) is 25.8. The first-order valence-electron chi connectivity index (χ1n) is 17.3. The van der Waals surface area contributed by atoms with Crippen LogP contribution < -0.4 is 4.57 Å². The van der Waals surface area contributed by atoms with E-state index in [2.05, 4.69) is 42.9 Å². The first-order valence-corrected chi connectivity index (χ1v) is 17.3. The normalized spacial score (nSPS) is 11.4. The van der Waals surface area contributed by atoms with Crippen LogP contribution in [0.25, 0.3) is 0 Å². The number of rotatable bonds is 29. The molecule has 0 fully saturated rings. The Balaban J connectivity index is 1.83. The van der Waals surface area contributed by atoms with Crippen molar-refractivity contribution in [2.24, 2.45) is 0 Å². The van der Waals surface area contributed by atoms with E-state index in [1.165, 1.54) is 192 Å². The van der Waals surface area contributed by atoms with Crippen LogP contribution in [0.1, 0.15) is 193 Å². The molecule has 0 spiro atoms. The van der Waals surface area contributed by atoms with Crippen molar-refractivity contribution in [3.8, 4) is 0 Å². The highest BCUT2D eigenvalue weighted by Crippen LogP contribution is 2.15. The Kier molecular flexibility index (Phi) is 26.0. The maximum absolute atomic E-state index is 2.39. The molecule has 0 unspecified atom stereocenters. The summed E-state index contributed by atoms with van der Waals surface area (Å²) in [6.07, 6.45) is 44.7. The van der Waals surface area contributed by atoms with E-state index in [-0.39, 0.29) is 0 Å². The van der Waals surface area contributed by atoms with Crippen LogP contribution in [-0.2, 0) is 13.0 Å². The zero-order chi connectivity index (χ0) is 26.5. The van der Waals surface area contributed by atoms with Gasteiger partial charge in [-0.25, -0.2) is 4.57 Å². The topological polar surface area (TPSA) is 3.88 Å². The maximum Gasteiger partial charge on any atom is 0.169 e. The van der Waals surface area contributed by atoms with Gasteiger partial charge in [0, 0.05) is 18.6 Å². The number of unbranched alkanes of at least 4 members (excludes halogenated alkanes) is 25. The average Bonchev–Trinajstić information content (AvgIpc) is 2.92. The number of aryl methyl sites for hydroxylation is 2. The molecule has 1 rings (SSSR count). The highest BCUT2D eigenvalue weighted by atomic mass is 14.9. The molecule has 216 valence electrons. The SMILES string of the molecule is CCCCCCCCCCCCCCCCCCc1cc[n+](CCCCCCCCCCCCC)cc1. The molecule has 0 N–H and O–H groups in total. The molecule has 0 atom stereocenters. The molecule has 0 saturated heterocycles. The minimum Gasteiger partial charge on any atom is -0.205 e. The minimum atomic E-state index is 1.19. The molecular formula is C36H68N+. The van der Waals surface area contributed by atoms with Gasteiger partial charge in [0.1, 0.15) is 6.54 Å². The summed E-state index contributed by atoms with van der Waals surface area (Å²) < 4.78 is 2.39. The van der Waals surface area contributed by atoms with E-state index in [0.717, 1.165) is 0 Å². The molecule has 0 aliphatic carbocycles. The van der Waals surface area contributed by atoms with Crippen LogP contribution in [0.15, 0.2) is 24.5 Å². The molecule has 0 aliphatic heterocycles. The Bertz CT molecular complexity index is 548. The standard InChI is InChI=1S/C36H68N/c1-3-5-7-9-11-13-15-16-17-18-19-20-22-24-26-28-30-36-31-34-37(35-32-36)33-29-27-25-23-21-14-12-10-8-6-4-2/h31-32,34-35H,3-30,33H2,1-2H3/q+1. The molecule has 0 aromatic carbocycles. The molecule has 1 aromatic rings. The van der Waals surface area contributed by atoms with Gasteiger partial charge in [0.05, 0.1) is 0 Å². The third kappa shape index (κ3) is 24.0. The van der Waals surface area contributed by atoms with Crippen LogP contribution in [0.2, 0.25) is 0 Å². The van der Waals surface area contributed by atoms with Crippen molar-refractivity contribution in [2.45, 2.75) is 200 Å². The maximum atomic E-state index is 2.39. The van der Waals surface area contributed by atoms with E-state index in [4.69, 9.17) is 0 Å². The molecule has 0 radical (unpaired) electrons. The fourth-order valence-corrected chi connectivity index (χ4v) is 5.64. The van der Waals surface area contributed by atoms with Crippen molar-refractivity contribution in [1.29, 1.82) is 0 Å². The summed E-state index contributed by atoms with van der Waals surface area (Å²) in [5.41, 5.74) is 1.53. The van der Waals surface area contributed by atoms with Gasteiger partial charge in [-0.1, -0.05) is 168 Å². The van der Waals surface area contributed by atoms with Gasteiger partial charge in [-0.15, -0.1) is 0 Å². The Morgan fingerprint density at radius 2 is 0.676 bits per heavy atom. The number of hydrogen-bond donors (Lipinski definition) is 0. The van der Waals surface area contributed by atoms with Gasteiger partial charge in [-0.3, -0.25) is 0 Å². The summed E-state index contributed by atoms with van der Waals surface area (Å²) in [6.45, 7) is 5.80. The second-order valence-corrected chi connectivity index (χ2v) is 12.0. The molecular weight excluding hydrogens is 446 g/mol. The largest absolute Gasteiger partial charge is 0.205 e. The molecule has 1 nitrogen and oxygen atoms in total. The van der Waals surface area contributed by atoms with Gasteiger partial charge in [0.25, 0.3) is 0 Å². The lowest BCUT2D eigenvalue weighted by atomic mass is 10.0. The average molecular weight is 515 g/mol. The number of nitrogens with zero attached hydrogens (tertiary/aromatic N) is 1. The number of pyridine rings is 1. The smallest absolute Gasteiger partial charge is 0.169 e. The van der Waals surface area contributed by atoms with Crippen LogP contribution in [0.4, 0.5) is 0 Å². The van der Waals surface area contributed by atoms with E-state index in [1.807, 2.05) is 0 Å². The zero-order valence-electron chi connectivity index (χ0n) is 25.8. The quantitative estimate of drug-likeness (QED) is 0.0739. The Morgan fingerprint density at radius 3 is 1.03 bits per heavy atom. The van der Waals surface area contributed by atoms with Crippen molar-refractivity contribution in [3.05, 3.63) is 30.1 Å². The van der Waals surface area contributed by atoms with Crippen LogP contribution in [-0.4, -0.2) is 0 Å².